The second-order valence-electron chi connectivity index (χ2n) is 8.43. The van der Waals surface area contributed by atoms with Gasteiger partial charge in [-0.1, -0.05) is 79.9 Å². The minimum atomic E-state index is -1.01. The van der Waals surface area contributed by atoms with Crippen molar-refractivity contribution < 1.29 is 9.90 Å². The summed E-state index contributed by atoms with van der Waals surface area (Å²) in [4.78, 5) is 15.0. The van der Waals surface area contributed by atoms with Gasteiger partial charge in [0.1, 0.15) is 5.60 Å². The predicted molar refractivity (Wildman–Crippen MR) is 112 cm³/mol. The van der Waals surface area contributed by atoms with Gasteiger partial charge in [0.25, 0.3) is 0 Å². The second-order valence-corrected chi connectivity index (χ2v) is 8.43. The number of benzene rings is 2. The zero-order valence-corrected chi connectivity index (χ0v) is 16.6. The Balaban J connectivity index is 1.52. The molecule has 2 aromatic carbocycles. The molecule has 1 heterocycles. The van der Waals surface area contributed by atoms with E-state index < -0.39 is 5.60 Å². The van der Waals surface area contributed by atoms with Crippen molar-refractivity contribution in [3.05, 3.63) is 71.8 Å². The Morgan fingerprint density at radius 1 is 0.786 bits per heavy atom. The summed E-state index contributed by atoms with van der Waals surface area (Å²) in [6.45, 7) is 1.50. The summed E-state index contributed by atoms with van der Waals surface area (Å²) in [6, 6.07) is 20.0. The van der Waals surface area contributed by atoms with Gasteiger partial charge in [0.15, 0.2) is 0 Å². The maximum atomic E-state index is 12.9. The van der Waals surface area contributed by atoms with Crippen LogP contribution in [-0.4, -0.2) is 29.0 Å². The first-order valence-electron chi connectivity index (χ1n) is 10.8. The molecule has 1 saturated heterocycles. The van der Waals surface area contributed by atoms with Crippen LogP contribution in [0.15, 0.2) is 60.7 Å². The molecule has 148 valence electrons. The van der Waals surface area contributed by atoms with E-state index in [-0.39, 0.29) is 11.8 Å². The molecule has 3 nitrogen and oxygen atoms in total. The molecule has 0 radical (unpaired) electrons. The van der Waals surface area contributed by atoms with E-state index >= 15 is 0 Å². The molecular weight excluding hydrogens is 346 g/mol. The summed E-state index contributed by atoms with van der Waals surface area (Å²) >= 11 is 0. The van der Waals surface area contributed by atoms with E-state index in [4.69, 9.17) is 0 Å². The Morgan fingerprint density at radius 2 is 1.29 bits per heavy atom. The Hall–Kier alpha value is -2.13. The van der Waals surface area contributed by atoms with Crippen molar-refractivity contribution in [2.24, 2.45) is 11.8 Å². The number of piperidine rings is 1. The molecule has 2 fully saturated rings. The molecule has 1 amide bonds. The summed E-state index contributed by atoms with van der Waals surface area (Å²) < 4.78 is 0. The number of hydrogen-bond acceptors (Lipinski definition) is 2. The van der Waals surface area contributed by atoms with Crippen molar-refractivity contribution in [2.45, 2.75) is 50.5 Å². The lowest BCUT2D eigenvalue weighted by Gasteiger charge is -2.43. The molecule has 1 aliphatic heterocycles. The van der Waals surface area contributed by atoms with Gasteiger partial charge in [-0.05, 0) is 42.7 Å². The zero-order chi connectivity index (χ0) is 19.4. The monoisotopic (exact) mass is 377 g/mol. The van der Waals surface area contributed by atoms with E-state index in [1.165, 1.54) is 19.3 Å². The van der Waals surface area contributed by atoms with Gasteiger partial charge in [0.05, 0.1) is 0 Å². The highest BCUT2D eigenvalue weighted by Gasteiger charge is 2.42. The third-order valence-electron chi connectivity index (χ3n) is 6.78. The van der Waals surface area contributed by atoms with Crippen LogP contribution in [0.3, 0.4) is 0 Å². The average Bonchev–Trinajstić information content (AvgIpc) is 2.80. The lowest BCUT2D eigenvalue weighted by Crippen LogP contribution is -2.47. The number of likely N-dealkylation sites (tertiary alicyclic amines) is 1. The number of carbonyl (C=O) groups is 1. The fraction of sp³-hybridized carbons (Fsp3) is 0.480. The number of aliphatic hydroxyl groups is 1. The van der Waals surface area contributed by atoms with Crippen LogP contribution in [0, 0.1) is 11.8 Å². The van der Waals surface area contributed by atoms with Crippen LogP contribution < -0.4 is 0 Å². The normalized spacial score (nSPS) is 19.5. The van der Waals surface area contributed by atoms with Crippen molar-refractivity contribution >= 4 is 5.91 Å². The lowest BCUT2D eigenvalue weighted by atomic mass is 9.72. The molecule has 1 N–H and O–H groups in total. The van der Waals surface area contributed by atoms with Gasteiger partial charge >= 0.3 is 0 Å². The van der Waals surface area contributed by atoms with Crippen LogP contribution in [0.1, 0.15) is 56.1 Å². The molecule has 0 unspecified atom stereocenters. The van der Waals surface area contributed by atoms with Crippen molar-refractivity contribution in [1.29, 1.82) is 0 Å². The standard InChI is InChI=1S/C25H31NO2/c27-24(20-10-4-1-5-11-20)26-18-16-23(17-19-26)25(28,21-12-6-2-7-13-21)22-14-8-3-9-15-22/h2-3,6-9,12-15,20,23,28H,1,4-5,10-11,16-19H2. The van der Waals surface area contributed by atoms with Crippen LogP contribution in [0.4, 0.5) is 0 Å². The topological polar surface area (TPSA) is 40.5 Å². The SMILES string of the molecule is O=C(C1CCCCC1)N1CCC(C(O)(c2ccccc2)c2ccccc2)CC1. The van der Waals surface area contributed by atoms with Crippen molar-refractivity contribution in [3.8, 4) is 0 Å². The molecule has 2 aromatic rings. The Kier molecular flexibility index (Phi) is 5.82. The summed E-state index contributed by atoms with van der Waals surface area (Å²) in [5, 5.41) is 11.9. The van der Waals surface area contributed by atoms with Crippen molar-refractivity contribution in [3.63, 3.8) is 0 Å². The first-order chi connectivity index (χ1) is 13.7. The van der Waals surface area contributed by atoms with Gasteiger partial charge in [-0.25, -0.2) is 0 Å². The molecule has 28 heavy (non-hydrogen) atoms. The minimum absolute atomic E-state index is 0.104. The predicted octanol–water partition coefficient (Wildman–Crippen LogP) is 4.74. The Morgan fingerprint density at radius 3 is 1.79 bits per heavy atom. The largest absolute Gasteiger partial charge is 0.380 e. The number of hydrogen-bond donors (Lipinski definition) is 1. The van der Waals surface area contributed by atoms with Gasteiger partial charge in [-0.15, -0.1) is 0 Å². The van der Waals surface area contributed by atoms with E-state index in [9.17, 15) is 9.90 Å². The van der Waals surface area contributed by atoms with Crippen molar-refractivity contribution in [1.82, 2.24) is 4.90 Å². The summed E-state index contributed by atoms with van der Waals surface area (Å²) in [5.41, 5.74) is 0.874. The lowest BCUT2D eigenvalue weighted by molar-refractivity contribution is -0.139. The summed E-state index contributed by atoms with van der Waals surface area (Å²) in [7, 11) is 0. The van der Waals surface area contributed by atoms with E-state index in [0.717, 1.165) is 49.9 Å². The second kappa shape index (κ2) is 8.48. The maximum absolute atomic E-state index is 12.9. The van der Waals surface area contributed by atoms with Crippen LogP contribution in [-0.2, 0) is 10.4 Å². The van der Waals surface area contributed by atoms with Gasteiger partial charge in [-0.3, -0.25) is 4.79 Å². The first-order valence-corrected chi connectivity index (χ1v) is 10.8. The molecule has 4 rings (SSSR count). The third-order valence-corrected chi connectivity index (χ3v) is 6.78. The quantitative estimate of drug-likeness (QED) is 0.836. The Bertz CT molecular complexity index is 720. The highest BCUT2D eigenvalue weighted by atomic mass is 16.3. The molecule has 1 saturated carbocycles. The maximum Gasteiger partial charge on any atom is 0.225 e. The Labute approximate surface area is 168 Å². The summed E-state index contributed by atoms with van der Waals surface area (Å²) in [6.07, 6.45) is 7.42. The molecule has 0 spiro atoms. The first kappa shape index (κ1) is 19.2. The van der Waals surface area contributed by atoms with Crippen LogP contribution in [0.2, 0.25) is 0 Å². The zero-order valence-electron chi connectivity index (χ0n) is 16.6. The number of amides is 1. The molecule has 3 heteroatoms. The van der Waals surface area contributed by atoms with Crippen LogP contribution >= 0.6 is 0 Å². The van der Waals surface area contributed by atoms with Crippen LogP contribution in [0.5, 0.6) is 0 Å². The van der Waals surface area contributed by atoms with E-state index in [1.807, 2.05) is 60.7 Å². The van der Waals surface area contributed by atoms with E-state index in [1.54, 1.807) is 0 Å². The molecule has 0 atom stereocenters. The van der Waals surface area contributed by atoms with Gasteiger partial charge in [0, 0.05) is 19.0 Å². The van der Waals surface area contributed by atoms with E-state index in [0.29, 0.717) is 5.91 Å². The van der Waals surface area contributed by atoms with Crippen molar-refractivity contribution in [2.75, 3.05) is 13.1 Å². The third kappa shape index (κ3) is 3.73. The van der Waals surface area contributed by atoms with E-state index in [2.05, 4.69) is 4.90 Å². The molecule has 1 aliphatic carbocycles. The minimum Gasteiger partial charge on any atom is -0.380 e. The molecule has 2 aliphatic rings. The highest BCUT2D eigenvalue weighted by Crippen LogP contribution is 2.42. The number of rotatable bonds is 4. The van der Waals surface area contributed by atoms with Gasteiger partial charge in [0.2, 0.25) is 5.91 Å². The molecule has 0 aromatic heterocycles. The van der Waals surface area contributed by atoms with Gasteiger partial charge in [-0.2, -0.15) is 0 Å². The van der Waals surface area contributed by atoms with Crippen LogP contribution in [0.25, 0.3) is 0 Å². The number of carbonyl (C=O) groups excluding carboxylic acids is 1. The highest BCUT2D eigenvalue weighted by molar-refractivity contribution is 5.79. The average molecular weight is 378 g/mol. The fourth-order valence-corrected chi connectivity index (χ4v) is 5.15. The smallest absolute Gasteiger partial charge is 0.225 e. The molecular formula is C25H31NO2. The fourth-order valence-electron chi connectivity index (χ4n) is 5.15. The number of nitrogens with zero attached hydrogens (tertiary/aromatic N) is 1. The van der Waals surface area contributed by atoms with Gasteiger partial charge < -0.3 is 10.0 Å². The summed E-state index contributed by atoms with van der Waals surface area (Å²) in [5.74, 6) is 0.682. The molecule has 0 bridgehead atoms.